The lowest BCUT2D eigenvalue weighted by atomic mass is 9.65. The molecule has 2 aliphatic carbocycles. The van der Waals surface area contributed by atoms with E-state index in [1.54, 1.807) is 0 Å². The smallest absolute Gasteiger partial charge is 0.226 e. The molecule has 5 nitrogen and oxygen atoms in total. The van der Waals surface area contributed by atoms with E-state index in [1.165, 1.54) is 6.42 Å². The Morgan fingerprint density at radius 1 is 1.08 bits per heavy atom. The first-order chi connectivity index (χ1) is 11.6. The average Bonchev–Trinajstić information content (AvgIpc) is 2.55. The van der Waals surface area contributed by atoms with Gasteiger partial charge >= 0.3 is 0 Å². The molecule has 2 amide bonds. The highest BCUT2D eigenvalue weighted by Crippen LogP contribution is 2.41. The quantitative estimate of drug-likeness (QED) is 0.750. The van der Waals surface area contributed by atoms with Gasteiger partial charge in [-0.05, 0) is 49.7 Å². The number of para-hydroxylation sites is 1. The third kappa shape index (κ3) is 5.19. The third-order valence-corrected chi connectivity index (χ3v) is 5.49. The molecular formula is C19H28ClN3O2. The lowest BCUT2D eigenvalue weighted by Gasteiger charge is -2.43. The van der Waals surface area contributed by atoms with Crippen molar-refractivity contribution in [3.8, 4) is 0 Å². The Labute approximate surface area is 155 Å². The van der Waals surface area contributed by atoms with E-state index in [9.17, 15) is 9.59 Å². The molecule has 1 aromatic rings. The number of nitrogens with two attached hydrogens (primary N) is 1. The predicted molar refractivity (Wildman–Crippen MR) is 101 cm³/mol. The van der Waals surface area contributed by atoms with Crippen molar-refractivity contribution in [2.75, 3.05) is 11.9 Å². The van der Waals surface area contributed by atoms with E-state index in [0.717, 1.165) is 31.4 Å². The summed E-state index contributed by atoms with van der Waals surface area (Å²) in [6, 6.07) is 9.63. The molecule has 2 bridgehead atoms. The molecule has 25 heavy (non-hydrogen) atoms. The summed E-state index contributed by atoms with van der Waals surface area (Å²) >= 11 is 0. The number of rotatable bonds is 5. The van der Waals surface area contributed by atoms with Gasteiger partial charge in [0.05, 0.1) is 0 Å². The van der Waals surface area contributed by atoms with E-state index in [2.05, 4.69) is 10.6 Å². The van der Waals surface area contributed by atoms with Gasteiger partial charge in [0.15, 0.2) is 0 Å². The van der Waals surface area contributed by atoms with Gasteiger partial charge in [0.25, 0.3) is 0 Å². The molecule has 2 atom stereocenters. The van der Waals surface area contributed by atoms with Crippen LogP contribution in [0.25, 0.3) is 0 Å². The van der Waals surface area contributed by atoms with Crippen LogP contribution >= 0.6 is 12.4 Å². The first-order valence-electron chi connectivity index (χ1n) is 9.01. The van der Waals surface area contributed by atoms with Gasteiger partial charge in [0.1, 0.15) is 0 Å². The molecule has 1 aromatic carbocycles. The van der Waals surface area contributed by atoms with Crippen molar-refractivity contribution in [1.29, 1.82) is 0 Å². The van der Waals surface area contributed by atoms with Gasteiger partial charge in [-0.1, -0.05) is 24.6 Å². The molecule has 0 heterocycles. The third-order valence-electron chi connectivity index (χ3n) is 5.49. The van der Waals surface area contributed by atoms with Crippen molar-refractivity contribution in [3.05, 3.63) is 30.3 Å². The Bertz CT molecular complexity index is 567. The van der Waals surface area contributed by atoms with Crippen molar-refractivity contribution >= 4 is 29.9 Å². The monoisotopic (exact) mass is 365 g/mol. The van der Waals surface area contributed by atoms with Crippen molar-refractivity contribution < 1.29 is 9.59 Å². The lowest BCUT2D eigenvalue weighted by Crippen LogP contribution is -2.49. The standard InChI is InChI=1S/C19H27N3O2.ClH/c20-18-13-5-4-6-14(18)12-15(11-13)19(24)21-10-9-17(23)22-16-7-2-1-3-8-16;/h1-3,7-8,13-15,18H,4-6,9-12,20H2,(H,21,24)(H,22,23);1H. The second-order valence-corrected chi connectivity index (χ2v) is 7.15. The summed E-state index contributed by atoms with van der Waals surface area (Å²) in [4.78, 5) is 24.3. The number of fused-ring (bicyclic) bond motifs is 2. The minimum absolute atomic E-state index is 0. The van der Waals surface area contributed by atoms with Crippen LogP contribution in [0, 0.1) is 17.8 Å². The first kappa shape index (κ1) is 19.7. The van der Waals surface area contributed by atoms with Gasteiger partial charge in [0.2, 0.25) is 11.8 Å². The van der Waals surface area contributed by atoms with E-state index in [0.29, 0.717) is 24.8 Å². The number of carbonyl (C=O) groups is 2. The Hall–Kier alpha value is -1.59. The summed E-state index contributed by atoms with van der Waals surface area (Å²) in [6.07, 6.45) is 5.65. The van der Waals surface area contributed by atoms with Crippen LogP contribution in [0.5, 0.6) is 0 Å². The van der Waals surface area contributed by atoms with Crippen LogP contribution < -0.4 is 16.4 Å². The van der Waals surface area contributed by atoms with E-state index in [4.69, 9.17) is 5.73 Å². The summed E-state index contributed by atoms with van der Waals surface area (Å²) in [7, 11) is 0. The molecule has 0 saturated heterocycles. The number of hydrogen-bond acceptors (Lipinski definition) is 3. The Morgan fingerprint density at radius 2 is 1.72 bits per heavy atom. The van der Waals surface area contributed by atoms with E-state index in [-0.39, 0.29) is 36.2 Å². The van der Waals surface area contributed by atoms with Gasteiger partial charge in [-0.3, -0.25) is 9.59 Å². The number of nitrogens with one attached hydrogen (secondary N) is 2. The molecule has 0 aliphatic heterocycles. The van der Waals surface area contributed by atoms with Crippen molar-refractivity contribution in [3.63, 3.8) is 0 Å². The average molecular weight is 366 g/mol. The fourth-order valence-electron chi connectivity index (χ4n) is 4.19. The molecule has 4 N–H and O–H groups in total. The maximum atomic E-state index is 12.4. The van der Waals surface area contributed by atoms with Crippen LogP contribution in [0.4, 0.5) is 5.69 Å². The normalized spacial score (nSPS) is 27.7. The minimum atomic E-state index is -0.0796. The highest BCUT2D eigenvalue weighted by atomic mass is 35.5. The van der Waals surface area contributed by atoms with Crippen LogP contribution in [-0.2, 0) is 9.59 Å². The zero-order valence-electron chi connectivity index (χ0n) is 14.4. The fraction of sp³-hybridized carbons (Fsp3) is 0.579. The molecule has 0 spiro atoms. The maximum Gasteiger partial charge on any atom is 0.226 e. The van der Waals surface area contributed by atoms with E-state index in [1.807, 2.05) is 30.3 Å². The van der Waals surface area contributed by atoms with Gasteiger partial charge in [-0.25, -0.2) is 0 Å². The number of anilines is 1. The van der Waals surface area contributed by atoms with Gasteiger partial charge in [-0.15, -0.1) is 12.4 Å². The van der Waals surface area contributed by atoms with Gasteiger partial charge < -0.3 is 16.4 Å². The van der Waals surface area contributed by atoms with E-state index < -0.39 is 0 Å². The van der Waals surface area contributed by atoms with Gasteiger partial charge in [-0.2, -0.15) is 0 Å². The van der Waals surface area contributed by atoms with Crippen LogP contribution in [0.3, 0.4) is 0 Å². The van der Waals surface area contributed by atoms with Crippen LogP contribution in [0.15, 0.2) is 30.3 Å². The zero-order chi connectivity index (χ0) is 16.9. The Balaban J connectivity index is 0.00000225. The number of carbonyl (C=O) groups excluding carboxylic acids is 2. The van der Waals surface area contributed by atoms with Crippen LogP contribution in [0.2, 0.25) is 0 Å². The van der Waals surface area contributed by atoms with Gasteiger partial charge in [0, 0.05) is 30.6 Å². The second kappa shape index (κ2) is 9.20. The highest BCUT2D eigenvalue weighted by Gasteiger charge is 2.40. The van der Waals surface area contributed by atoms with Crippen molar-refractivity contribution in [2.24, 2.45) is 23.5 Å². The lowest BCUT2D eigenvalue weighted by molar-refractivity contribution is -0.128. The molecule has 2 aliphatic rings. The van der Waals surface area contributed by atoms with Crippen LogP contribution in [0.1, 0.15) is 38.5 Å². The number of halogens is 1. The Morgan fingerprint density at radius 3 is 2.36 bits per heavy atom. The topological polar surface area (TPSA) is 84.2 Å². The molecule has 3 rings (SSSR count). The molecule has 6 heteroatoms. The summed E-state index contributed by atoms with van der Waals surface area (Å²) in [5.74, 6) is 1.07. The predicted octanol–water partition coefficient (Wildman–Crippen LogP) is 2.71. The molecule has 0 aromatic heterocycles. The highest BCUT2D eigenvalue weighted by molar-refractivity contribution is 5.91. The number of amides is 2. The number of benzene rings is 1. The SMILES string of the molecule is Cl.NC1C2CCCC1CC(C(=O)NCCC(=O)Nc1ccccc1)C2. The molecule has 2 fully saturated rings. The number of hydrogen-bond donors (Lipinski definition) is 3. The Kier molecular flexibility index (Phi) is 7.26. The summed E-state index contributed by atoms with van der Waals surface area (Å²) in [5.41, 5.74) is 7.06. The largest absolute Gasteiger partial charge is 0.355 e. The second-order valence-electron chi connectivity index (χ2n) is 7.15. The summed E-state index contributed by atoms with van der Waals surface area (Å²) < 4.78 is 0. The molecular weight excluding hydrogens is 338 g/mol. The van der Waals surface area contributed by atoms with E-state index >= 15 is 0 Å². The zero-order valence-corrected chi connectivity index (χ0v) is 15.3. The van der Waals surface area contributed by atoms with Crippen LogP contribution in [-0.4, -0.2) is 24.4 Å². The maximum absolute atomic E-state index is 12.4. The molecule has 138 valence electrons. The fourth-order valence-corrected chi connectivity index (χ4v) is 4.19. The van der Waals surface area contributed by atoms with Crippen molar-refractivity contribution in [1.82, 2.24) is 5.32 Å². The molecule has 2 unspecified atom stereocenters. The molecule has 0 radical (unpaired) electrons. The summed E-state index contributed by atoms with van der Waals surface area (Å²) in [5, 5.41) is 5.76. The summed E-state index contributed by atoms with van der Waals surface area (Å²) in [6.45, 7) is 0.384. The first-order valence-corrected chi connectivity index (χ1v) is 9.01. The van der Waals surface area contributed by atoms with Crippen molar-refractivity contribution in [2.45, 2.75) is 44.6 Å². The molecule has 2 saturated carbocycles. The minimum Gasteiger partial charge on any atom is -0.355 e.